The summed E-state index contributed by atoms with van der Waals surface area (Å²) >= 11 is 1.66. The first-order valence-corrected chi connectivity index (χ1v) is 3.60. The first-order chi connectivity index (χ1) is 3.97. The summed E-state index contributed by atoms with van der Waals surface area (Å²) in [4.78, 5) is 4.14. The summed E-state index contributed by atoms with van der Waals surface area (Å²) in [6.07, 6.45) is 4.46. The molecule has 0 unspecified atom stereocenters. The van der Waals surface area contributed by atoms with Gasteiger partial charge in [-0.15, -0.1) is 11.3 Å². The van der Waals surface area contributed by atoms with E-state index in [1.54, 1.807) is 17.5 Å². The lowest BCUT2D eigenvalue weighted by Gasteiger charge is -1.80. The van der Waals surface area contributed by atoms with E-state index >= 15 is 0 Å². The lowest BCUT2D eigenvalue weighted by Crippen LogP contribution is -1.70. The van der Waals surface area contributed by atoms with Crippen LogP contribution in [0.15, 0.2) is 6.20 Å². The minimum Gasteiger partial charge on any atom is -0.249 e. The molecule has 0 N–H and O–H groups in total. The third-order valence-electron chi connectivity index (χ3n) is 1.33. The number of nitrogens with zero attached hydrogens (tertiary/aromatic N) is 1. The molecule has 1 heterocycles. The van der Waals surface area contributed by atoms with Crippen molar-refractivity contribution in [1.82, 2.24) is 4.98 Å². The van der Waals surface area contributed by atoms with E-state index in [0.717, 1.165) is 5.92 Å². The first-order valence-electron chi connectivity index (χ1n) is 2.78. The van der Waals surface area contributed by atoms with E-state index in [-0.39, 0.29) is 0 Å². The maximum absolute atomic E-state index is 4.14. The van der Waals surface area contributed by atoms with Crippen molar-refractivity contribution in [1.29, 1.82) is 0 Å². The Morgan fingerprint density at radius 3 is 3.12 bits per heavy atom. The summed E-state index contributed by atoms with van der Waals surface area (Å²) in [6.45, 7) is 0. The first kappa shape index (κ1) is 4.50. The van der Waals surface area contributed by atoms with E-state index in [4.69, 9.17) is 0 Å². The molecule has 0 bridgehead atoms. The van der Waals surface area contributed by atoms with Gasteiger partial charge in [-0.25, -0.2) is 4.98 Å². The fourth-order valence-electron chi connectivity index (χ4n) is 0.722. The van der Waals surface area contributed by atoms with Gasteiger partial charge >= 0.3 is 0 Å². The Bertz CT molecular complexity index is 165. The highest BCUT2D eigenvalue weighted by Crippen LogP contribution is 2.40. The van der Waals surface area contributed by atoms with Crippen molar-refractivity contribution in [2.45, 2.75) is 18.8 Å². The Labute approximate surface area is 52.4 Å². The van der Waals surface area contributed by atoms with Crippen molar-refractivity contribution < 1.29 is 0 Å². The van der Waals surface area contributed by atoms with E-state index in [1.807, 2.05) is 0 Å². The maximum atomic E-state index is 4.14. The molecule has 1 aromatic heterocycles. The molecule has 0 saturated heterocycles. The molecule has 0 aromatic carbocycles. The predicted octanol–water partition coefficient (Wildman–Crippen LogP) is 1.82. The van der Waals surface area contributed by atoms with Crippen LogP contribution in [0.25, 0.3) is 0 Å². The van der Waals surface area contributed by atoms with E-state index < -0.39 is 0 Å². The van der Waals surface area contributed by atoms with E-state index in [0.29, 0.717) is 0 Å². The van der Waals surface area contributed by atoms with E-state index in [9.17, 15) is 0 Å². The Morgan fingerprint density at radius 2 is 2.62 bits per heavy atom. The molecule has 1 radical (unpaired) electrons. The number of aromatic nitrogens is 1. The zero-order valence-corrected chi connectivity index (χ0v) is 5.24. The zero-order chi connectivity index (χ0) is 5.40. The standard InChI is InChI=1S/C6H6NS/c1-2-5(1)6-7-3-4-8-6/h3,5H,1-2H2. The third-order valence-corrected chi connectivity index (χ3v) is 2.21. The molecule has 8 heavy (non-hydrogen) atoms. The number of hydrogen-bond acceptors (Lipinski definition) is 2. The second kappa shape index (κ2) is 1.55. The molecule has 1 fully saturated rings. The molecule has 2 heteroatoms. The summed E-state index contributed by atoms with van der Waals surface area (Å²) in [7, 11) is 0. The predicted molar refractivity (Wildman–Crippen MR) is 32.9 cm³/mol. The van der Waals surface area contributed by atoms with Crippen LogP contribution in [0, 0.1) is 5.38 Å². The molecule has 0 amide bonds. The maximum Gasteiger partial charge on any atom is 0.0962 e. The average molecular weight is 124 g/mol. The minimum atomic E-state index is 0.811. The van der Waals surface area contributed by atoms with Gasteiger partial charge in [-0.1, -0.05) is 0 Å². The van der Waals surface area contributed by atoms with Gasteiger partial charge in [0, 0.05) is 12.1 Å². The van der Waals surface area contributed by atoms with Crippen LogP contribution in [0.5, 0.6) is 0 Å². The highest BCUT2D eigenvalue weighted by molar-refractivity contribution is 7.09. The molecular formula is C6H6NS. The van der Waals surface area contributed by atoms with Crippen LogP contribution in [-0.4, -0.2) is 4.98 Å². The lowest BCUT2D eigenvalue weighted by molar-refractivity contribution is 1.08. The van der Waals surface area contributed by atoms with Crippen molar-refractivity contribution in [3.05, 3.63) is 16.6 Å². The van der Waals surface area contributed by atoms with Gasteiger partial charge in [0.1, 0.15) is 0 Å². The van der Waals surface area contributed by atoms with Gasteiger partial charge in [0.15, 0.2) is 0 Å². The Balaban J connectivity index is 2.28. The van der Waals surface area contributed by atoms with E-state index in [1.165, 1.54) is 17.8 Å². The fraction of sp³-hybridized carbons (Fsp3) is 0.500. The summed E-state index contributed by atoms with van der Waals surface area (Å²) in [6, 6.07) is 0. The Morgan fingerprint density at radius 1 is 1.75 bits per heavy atom. The molecule has 1 aromatic rings. The van der Waals surface area contributed by atoms with Gasteiger partial charge < -0.3 is 0 Å². The largest absolute Gasteiger partial charge is 0.249 e. The quantitative estimate of drug-likeness (QED) is 0.556. The molecule has 1 nitrogen and oxygen atoms in total. The molecular weight excluding hydrogens is 118 g/mol. The van der Waals surface area contributed by atoms with Gasteiger partial charge in [-0.05, 0) is 12.8 Å². The highest BCUT2D eigenvalue weighted by Gasteiger charge is 2.25. The van der Waals surface area contributed by atoms with Gasteiger partial charge in [0.2, 0.25) is 0 Å². The molecule has 0 atom stereocenters. The molecule has 1 aliphatic rings. The zero-order valence-electron chi connectivity index (χ0n) is 4.42. The van der Waals surface area contributed by atoms with Crippen molar-refractivity contribution in [2.24, 2.45) is 0 Å². The monoisotopic (exact) mass is 124 g/mol. The van der Waals surface area contributed by atoms with Gasteiger partial charge in [0.25, 0.3) is 0 Å². The van der Waals surface area contributed by atoms with Crippen LogP contribution in [-0.2, 0) is 0 Å². The average Bonchev–Trinajstić information content (AvgIpc) is 2.49. The number of hydrogen-bond donors (Lipinski definition) is 0. The second-order valence-electron chi connectivity index (χ2n) is 2.09. The molecule has 0 spiro atoms. The number of rotatable bonds is 1. The molecule has 41 valence electrons. The van der Waals surface area contributed by atoms with Crippen molar-refractivity contribution >= 4 is 11.3 Å². The molecule has 2 rings (SSSR count). The SMILES string of the molecule is [c]1cnc(C2CC2)s1. The third kappa shape index (κ3) is 0.650. The van der Waals surface area contributed by atoms with Crippen molar-refractivity contribution in [3.8, 4) is 0 Å². The van der Waals surface area contributed by atoms with Crippen LogP contribution in [0.2, 0.25) is 0 Å². The molecule has 0 aliphatic heterocycles. The Hall–Kier alpha value is -0.370. The lowest BCUT2D eigenvalue weighted by atomic mass is 10.5. The van der Waals surface area contributed by atoms with Crippen LogP contribution in [0.4, 0.5) is 0 Å². The summed E-state index contributed by atoms with van der Waals surface area (Å²) in [5, 5.41) is 4.26. The van der Waals surface area contributed by atoms with Gasteiger partial charge in [-0.3, -0.25) is 0 Å². The van der Waals surface area contributed by atoms with Gasteiger partial charge in [-0.2, -0.15) is 0 Å². The summed E-state index contributed by atoms with van der Waals surface area (Å²) < 4.78 is 0. The summed E-state index contributed by atoms with van der Waals surface area (Å²) in [5.41, 5.74) is 0. The van der Waals surface area contributed by atoms with Gasteiger partial charge in [0.05, 0.1) is 10.4 Å². The van der Waals surface area contributed by atoms with Crippen LogP contribution in [0.1, 0.15) is 23.8 Å². The van der Waals surface area contributed by atoms with E-state index in [2.05, 4.69) is 10.4 Å². The van der Waals surface area contributed by atoms with Crippen molar-refractivity contribution in [3.63, 3.8) is 0 Å². The normalized spacial score (nSPS) is 19.0. The topological polar surface area (TPSA) is 12.9 Å². The summed E-state index contributed by atoms with van der Waals surface area (Å²) in [5.74, 6) is 0.811. The van der Waals surface area contributed by atoms with Crippen LogP contribution in [0.3, 0.4) is 0 Å². The fourth-order valence-corrected chi connectivity index (χ4v) is 1.46. The minimum absolute atomic E-state index is 0.811. The molecule has 1 aliphatic carbocycles. The smallest absolute Gasteiger partial charge is 0.0962 e. The van der Waals surface area contributed by atoms with Crippen LogP contribution >= 0.6 is 11.3 Å². The highest BCUT2D eigenvalue weighted by atomic mass is 32.1. The number of thiazole rings is 1. The second-order valence-corrected chi connectivity index (χ2v) is 2.95. The molecule has 1 saturated carbocycles. The van der Waals surface area contributed by atoms with Crippen LogP contribution < -0.4 is 0 Å². The Kier molecular flexibility index (Phi) is 0.875. The van der Waals surface area contributed by atoms with Crippen molar-refractivity contribution in [2.75, 3.05) is 0 Å².